The molecule has 0 aliphatic carbocycles. The zero-order valence-corrected chi connectivity index (χ0v) is 9.26. The summed E-state index contributed by atoms with van der Waals surface area (Å²) in [5, 5.41) is 12.3. The molecule has 1 saturated heterocycles. The Hall–Kier alpha value is -0.610. The number of aliphatic hydroxyl groups excluding tert-OH is 1. The molecule has 1 aromatic rings. The first-order valence-electron chi connectivity index (χ1n) is 5.07. The molecule has 2 rings (SSSR count). The molecule has 78 valence electrons. The smallest absolute Gasteiger partial charge is 0.185 e. The van der Waals surface area contributed by atoms with Crippen LogP contribution in [-0.4, -0.2) is 29.8 Å². The van der Waals surface area contributed by atoms with Gasteiger partial charge in [0.25, 0.3) is 0 Å². The van der Waals surface area contributed by atoms with Crippen molar-refractivity contribution < 1.29 is 5.11 Å². The van der Waals surface area contributed by atoms with Crippen LogP contribution in [0.25, 0.3) is 0 Å². The highest BCUT2D eigenvalue weighted by Gasteiger charge is 2.20. The van der Waals surface area contributed by atoms with Crippen LogP contribution in [-0.2, 0) is 0 Å². The van der Waals surface area contributed by atoms with Gasteiger partial charge in [-0.3, -0.25) is 0 Å². The number of piperidine rings is 1. The molecule has 1 fully saturated rings. The molecule has 0 saturated carbocycles. The third-order valence-electron chi connectivity index (χ3n) is 2.65. The van der Waals surface area contributed by atoms with Crippen LogP contribution in [0.15, 0.2) is 5.38 Å². The van der Waals surface area contributed by atoms with Gasteiger partial charge in [-0.2, -0.15) is 0 Å². The molecular weight excluding hydrogens is 196 g/mol. The summed E-state index contributed by atoms with van der Waals surface area (Å²) in [6, 6.07) is 0. The predicted molar refractivity (Wildman–Crippen MR) is 58.9 cm³/mol. The SMILES string of the molecule is Cc1csc(N2CCCC(CO)C2)n1. The van der Waals surface area contributed by atoms with Crippen LogP contribution >= 0.6 is 11.3 Å². The lowest BCUT2D eigenvalue weighted by Gasteiger charge is -2.31. The number of hydrogen-bond acceptors (Lipinski definition) is 4. The Labute approximate surface area is 88.4 Å². The van der Waals surface area contributed by atoms with E-state index in [2.05, 4.69) is 15.3 Å². The molecule has 14 heavy (non-hydrogen) atoms. The van der Waals surface area contributed by atoms with E-state index < -0.39 is 0 Å². The van der Waals surface area contributed by atoms with Crippen LogP contribution < -0.4 is 4.90 Å². The second-order valence-corrected chi connectivity index (χ2v) is 4.74. The number of hydrogen-bond donors (Lipinski definition) is 1. The zero-order valence-electron chi connectivity index (χ0n) is 8.44. The topological polar surface area (TPSA) is 36.4 Å². The van der Waals surface area contributed by atoms with Crippen molar-refractivity contribution in [2.24, 2.45) is 5.92 Å². The summed E-state index contributed by atoms with van der Waals surface area (Å²) >= 11 is 1.70. The van der Waals surface area contributed by atoms with Crippen molar-refractivity contribution >= 4 is 16.5 Å². The van der Waals surface area contributed by atoms with Gasteiger partial charge < -0.3 is 10.0 Å². The van der Waals surface area contributed by atoms with Crippen LogP contribution in [0.5, 0.6) is 0 Å². The second-order valence-electron chi connectivity index (χ2n) is 3.91. The maximum Gasteiger partial charge on any atom is 0.185 e. The molecule has 3 nitrogen and oxygen atoms in total. The van der Waals surface area contributed by atoms with E-state index in [1.165, 1.54) is 6.42 Å². The lowest BCUT2D eigenvalue weighted by molar-refractivity contribution is 0.208. The van der Waals surface area contributed by atoms with Gasteiger partial charge in [0.1, 0.15) is 0 Å². The van der Waals surface area contributed by atoms with Crippen LogP contribution in [0, 0.1) is 12.8 Å². The summed E-state index contributed by atoms with van der Waals surface area (Å²) in [5.74, 6) is 0.438. The Morgan fingerprint density at radius 2 is 2.57 bits per heavy atom. The molecule has 1 aromatic heterocycles. The standard InChI is InChI=1S/C10H16N2OS/c1-8-7-14-10(11-8)12-4-2-3-9(5-12)6-13/h7,9,13H,2-6H2,1H3. The van der Waals surface area contributed by atoms with Crippen LogP contribution in [0.1, 0.15) is 18.5 Å². The Balaban J connectivity index is 2.04. The molecule has 1 aliphatic heterocycles. The highest BCUT2D eigenvalue weighted by Crippen LogP contribution is 2.25. The molecule has 0 aromatic carbocycles. The van der Waals surface area contributed by atoms with Crippen molar-refractivity contribution in [3.63, 3.8) is 0 Å². The van der Waals surface area contributed by atoms with Gasteiger partial charge in [0.05, 0.1) is 5.69 Å². The van der Waals surface area contributed by atoms with Gasteiger partial charge in [-0.15, -0.1) is 11.3 Å². The van der Waals surface area contributed by atoms with Gasteiger partial charge in [-0.25, -0.2) is 4.98 Å². The number of aromatic nitrogens is 1. The maximum atomic E-state index is 9.12. The van der Waals surface area contributed by atoms with Gasteiger partial charge in [0, 0.05) is 25.1 Å². The molecule has 0 spiro atoms. The van der Waals surface area contributed by atoms with Gasteiger partial charge in [-0.1, -0.05) is 0 Å². The first-order valence-corrected chi connectivity index (χ1v) is 5.95. The number of aryl methyl sites for hydroxylation is 1. The fourth-order valence-electron chi connectivity index (χ4n) is 1.87. The number of anilines is 1. The fraction of sp³-hybridized carbons (Fsp3) is 0.700. The Kier molecular flexibility index (Phi) is 3.03. The molecule has 1 N–H and O–H groups in total. The van der Waals surface area contributed by atoms with E-state index in [1.54, 1.807) is 11.3 Å². The molecular formula is C10H16N2OS. The average Bonchev–Trinajstić information content (AvgIpc) is 2.65. The summed E-state index contributed by atoms with van der Waals surface area (Å²) in [6.45, 7) is 4.38. The normalized spacial score (nSPS) is 22.7. The Bertz CT molecular complexity index is 300. The minimum absolute atomic E-state index is 0.306. The average molecular weight is 212 g/mol. The van der Waals surface area contributed by atoms with Crippen LogP contribution in [0.3, 0.4) is 0 Å². The lowest BCUT2D eigenvalue weighted by atomic mass is 10.00. The third kappa shape index (κ3) is 2.07. The highest BCUT2D eigenvalue weighted by molar-refractivity contribution is 7.13. The Morgan fingerprint density at radius 1 is 1.71 bits per heavy atom. The first-order chi connectivity index (χ1) is 6.79. The lowest BCUT2D eigenvalue weighted by Crippen LogP contribution is -2.36. The fourth-order valence-corrected chi connectivity index (χ4v) is 2.71. The highest BCUT2D eigenvalue weighted by atomic mass is 32.1. The molecule has 4 heteroatoms. The maximum absolute atomic E-state index is 9.12. The van der Waals surface area contributed by atoms with E-state index in [1.807, 2.05) is 6.92 Å². The monoisotopic (exact) mass is 212 g/mol. The summed E-state index contributed by atoms with van der Waals surface area (Å²) in [5.41, 5.74) is 1.09. The van der Waals surface area contributed by atoms with Gasteiger partial charge in [-0.05, 0) is 25.7 Å². The third-order valence-corrected chi connectivity index (χ3v) is 3.67. The summed E-state index contributed by atoms with van der Waals surface area (Å²) < 4.78 is 0. The number of aliphatic hydroxyl groups is 1. The van der Waals surface area contributed by atoms with E-state index in [4.69, 9.17) is 5.11 Å². The van der Waals surface area contributed by atoms with Crippen LogP contribution in [0.4, 0.5) is 5.13 Å². The van der Waals surface area contributed by atoms with E-state index in [-0.39, 0.29) is 0 Å². The minimum atomic E-state index is 0.306. The molecule has 0 radical (unpaired) electrons. The molecule has 1 unspecified atom stereocenters. The quantitative estimate of drug-likeness (QED) is 0.810. The summed E-state index contributed by atoms with van der Waals surface area (Å²) in [4.78, 5) is 6.76. The van der Waals surface area contributed by atoms with Crippen molar-refractivity contribution in [1.29, 1.82) is 0 Å². The van der Waals surface area contributed by atoms with Crippen molar-refractivity contribution in [1.82, 2.24) is 4.98 Å². The van der Waals surface area contributed by atoms with Crippen molar-refractivity contribution in [2.45, 2.75) is 19.8 Å². The molecule has 1 aliphatic rings. The number of thiazole rings is 1. The van der Waals surface area contributed by atoms with Gasteiger partial charge >= 0.3 is 0 Å². The largest absolute Gasteiger partial charge is 0.396 e. The van der Waals surface area contributed by atoms with Crippen molar-refractivity contribution in [2.75, 3.05) is 24.6 Å². The summed E-state index contributed by atoms with van der Waals surface area (Å²) in [7, 11) is 0. The molecule has 0 amide bonds. The zero-order chi connectivity index (χ0) is 9.97. The van der Waals surface area contributed by atoms with Crippen molar-refractivity contribution in [3.8, 4) is 0 Å². The molecule has 2 heterocycles. The second kappa shape index (κ2) is 4.28. The van der Waals surface area contributed by atoms with E-state index in [9.17, 15) is 0 Å². The number of nitrogens with zero attached hydrogens (tertiary/aromatic N) is 2. The van der Waals surface area contributed by atoms with Gasteiger partial charge in [0.15, 0.2) is 5.13 Å². The first kappa shape index (κ1) is 9.93. The van der Waals surface area contributed by atoms with Gasteiger partial charge in [0.2, 0.25) is 0 Å². The summed E-state index contributed by atoms with van der Waals surface area (Å²) in [6.07, 6.45) is 2.32. The van der Waals surface area contributed by atoms with Crippen molar-refractivity contribution in [3.05, 3.63) is 11.1 Å². The van der Waals surface area contributed by atoms with E-state index in [0.717, 1.165) is 30.3 Å². The molecule has 1 atom stereocenters. The number of rotatable bonds is 2. The minimum Gasteiger partial charge on any atom is -0.396 e. The molecule has 0 bridgehead atoms. The predicted octanol–water partition coefficient (Wildman–Crippen LogP) is 1.66. The van der Waals surface area contributed by atoms with E-state index >= 15 is 0 Å². The van der Waals surface area contributed by atoms with Crippen LogP contribution in [0.2, 0.25) is 0 Å². The Morgan fingerprint density at radius 3 is 3.21 bits per heavy atom. The van der Waals surface area contributed by atoms with E-state index in [0.29, 0.717) is 12.5 Å².